The molecule has 1 aliphatic rings. The first-order valence-electron chi connectivity index (χ1n) is 9.76. The summed E-state index contributed by atoms with van der Waals surface area (Å²) in [6.07, 6.45) is 2.14. The van der Waals surface area contributed by atoms with Crippen LogP contribution in [0.25, 0.3) is 10.9 Å². The zero-order valence-corrected chi connectivity index (χ0v) is 17.3. The van der Waals surface area contributed by atoms with Gasteiger partial charge in [-0.15, -0.1) is 0 Å². The van der Waals surface area contributed by atoms with Crippen molar-refractivity contribution in [2.75, 3.05) is 20.2 Å². The molecule has 3 rings (SSSR count). The number of hydrogen-bond donors (Lipinski definition) is 1. The molecule has 1 heterocycles. The minimum atomic E-state index is -0.564. The van der Waals surface area contributed by atoms with Crippen LogP contribution in [0.5, 0.6) is 0 Å². The number of carbonyl (C=O) groups is 3. The van der Waals surface area contributed by atoms with Gasteiger partial charge in [-0.25, -0.2) is 4.79 Å². The van der Waals surface area contributed by atoms with Gasteiger partial charge in [0.05, 0.1) is 17.6 Å². The number of pyridine rings is 1. The molecule has 2 amide bonds. The first-order valence-corrected chi connectivity index (χ1v) is 9.76. The summed E-state index contributed by atoms with van der Waals surface area (Å²) >= 11 is 0. The number of rotatable bonds is 6. The first-order chi connectivity index (χ1) is 13.6. The van der Waals surface area contributed by atoms with E-state index in [-0.39, 0.29) is 18.0 Å². The van der Waals surface area contributed by atoms with E-state index in [0.29, 0.717) is 16.9 Å². The van der Waals surface area contributed by atoms with Crippen LogP contribution in [-0.4, -0.2) is 53.4 Å². The lowest BCUT2D eigenvalue weighted by atomic mass is 10.1. The van der Waals surface area contributed by atoms with Gasteiger partial charge in [0.1, 0.15) is 0 Å². The topological polar surface area (TPSA) is 88.6 Å². The van der Waals surface area contributed by atoms with Crippen molar-refractivity contribution in [3.8, 4) is 0 Å². The van der Waals surface area contributed by atoms with E-state index >= 15 is 0 Å². The fraction of sp³-hybridized carbons (Fsp3) is 0.455. The maximum atomic E-state index is 12.7. The Labute approximate surface area is 170 Å². The highest BCUT2D eigenvalue weighted by Crippen LogP contribution is 2.40. The summed E-state index contributed by atoms with van der Waals surface area (Å²) in [5, 5.41) is 3.49. The Morgan fingerprint density at radius 1 is 1.21 bits per heavy atom. The standard InChI is InChI=1S/C22H27N3O4/c1-22(2,3)24-19(26)12-25(4)20(27)13-29-21(28)16-11-18(14-9-10-14)23-17-8-6-5-7-15(16)17/h5-8,11,14H,9-10,12-13H2,1-4H3,(H,24,26). The van der Waals surface area contributed by atoms with Gasteiger partial charge in [0.2, 0.25) is 5.91 Å². The Morgan fingerprint density at radius 3 is 2.55 bits per heavy atom. The van der Waals surface area contributed by atoms with Crippen molar-refractivity contribution in [3.63, 3.8) is 0 Å². The molecule has 1 aliphatic carbocycles. The monoisotopic (exact) mass is 397 g/mol. The van der Waals surface area contributed by atoms with Crippen molar-refractivity contribution in [1.82, 2.24) is 15.2 Å². The zero-order chi connectivity index (χ0) is 21.2. The van der Waals surface area contributed by atoms with Crippen LogP contribution in [0.4, 0.5) is 0 Å². The number of likely N-dealkylation sites (N-methyl/N-ethyl adjacent to an activating group) is 1. The van der Waals surface area contributed by atoms with Gasteiger partial charge >= 0.3 is 5.97 Å². The van der Waals surface area contributed by atoms with E-state index in [9.17, 15) is 14.4 Å². The second kappa shape index (κ2) is 8.19. The van der Waals surface area contributed by atoms with E-state index in [0.717, 1.165) is 24.1 Å². The van der Waals surface area contributed by atoms with Crippen molar-refractivity contribution in [1.29, 1.82) is 0 Å². The number of amides is 2. The Bertz CT molecular complexity index is 945. The minimum Gasteiger partial charge on any atom is -0.452 e. The third kappa shape index (κ3) is 5.53. The van der Waals surface area contributed by atoms with Crippen molar-refractivity contribution >= 4 is 28.7 Å². The molecular formula is C22H27N3O4. The number of benzene rings is 1. The smallest absolute Gasteiger partial charge is 0.339 e. The first kappa shape index (κ1) is 20.8. The van der Waals surface area contributed by atoms with Gasteiger partial charge in [-0.1, -0.05) is 18.2 Å². The number of carbonyl (C=O) groups excluding carboxylic acids is 3. The summed E-state index contributed by atoms with van der Waals surface area (Å²) in [6.45, 7) is 5.07. The van der Waals surface area contributed by atoms with Gasteiger partial charge in [0.25, 0.3) is 5.91 Å². The predicted octanol–water partition coefficient (Wildman–Crippen LogP) is 2.64. The highest BCUT2D eigenvalue weighted by molar-refractivity contribution is 6.04. The van der Waals surface area contributed by atoms with Crippen LogP contribution in [0.2, 0.25) is 0 Å². The highest BCUT2D eigenvalue weighted by Gasteiger charge is 2.27. The Balaban J connectivity index is 1.65. The number of aromatic nitrogens is 1. The molecule has 7 nitrogen and oxygen atoms in total. The van der Waals surface area contributed by atoms with Gasteiger partial charge in [-0.3, -0.25) is 14.6 Å². The Morgan fingerprint density at radius 2 is 1.90 bits per heavy atom. The lowest BCUT2D eigenvalue weighted by Crippen LogP contribution is -2.46. The molecule has 0 spiro atoms. The maximum Gasteiger partial charge on any atom is 0.339 e. The summed E-state index contributed by atoms with van der Waals surface area (Å²) in [5.74, 6) is -0.885. The molecule has 1 fully saturated rings. The van der Waals surface area contributed by atoms with Gasteiger partial charge in [-0.05, 0) is 45.7 Å². The zero-order valence-electron chi connectivity index (χ0n) is 17.3. The molecule has 2 aromatic rings. The van der Waals surface area contributed by atoms with E-state index in [1.807, 2.05) is 45.0 Å². The summed E-state index contributed by atoms with van der Waals surface area (Å²) in [6, 6.07) is 9.17. The van der Waals surface area contributed by atoms with Crippen molar-refractivity contribution in [2.24, 2.45) is 0 Å². The van der Waals surface area contributed by atoms with Crippen LogP contribution in [-0.2, 0) is 14.3 Å². The third-order valence-corrected chi connectivity index (χ3v) is 4.60. The lowest BCUT2D eigenvalue weighted by Gasteiger charge is -2.23. The summed E-state index contributed by atoms with van der Waals surface area (Å²) in [7, 11) is 1.51. The summed E-state index contributed by atoms with van der Waals surface area (Å²) in [4.78, 5) is 42.8. The Kier molecular flexibility index (Phi) is 5.86. The summed E-state index contributed by atoms with van der Waals surface area (Å²) < 4.78 is 5.27. The third-order valence-electron chi connectivity index (χ3n) is 4.60. The SMILES string of the molecule is CN(CC(=O)NC(C)(C)C)C(=O)COC(=O)c1cc(C2CC2)nc2ccccc12. The maximum absolute atomic E-state index is 12.7. The van der Waals surface area contributed by atoms with E-state index in [1.54, 1.807) is 6.07 Å². The Hall–Kier alpha value is -2.96. The minimum absolute atomic E-state index is 0.0995. The second-order valence-electron chi connectivity index (χ2n) is 8.51. The highest BCUT2D eigenvalue weighted by atomic mass is 16.5. The van der Waals surface area contributed by atoms with Crippen LogP contribution in [0.15, 0.2) is 30.3 Å². The van der Waals surface area contributed by atoms with Crippen LogP contribution < -0.4 is 5.32 Å². The predicted molar refractivity (Wildman–Crippen MR) is 110 cm³/mol. The number of esters is 1. The number of nitrogens with one attached hydrogen (secondary N) is 1. The molecule has 7 heteroatoms. The molecule has 0 aliphatic heterocycles. The molecule has 29 heavy (non-hydrogen) atoms. The fourth-order valence-corrected chi connectivity index (χ4v) is 3.03. The van der Waals surface area contributed by atoms with Crippen LogP contribution in [0, 0.1) is 0 Å². The van der Waals surface area contributed by atoms with Gasteiger partial charge in [0.15, 0.2) is 6.61 Å². The molecule has 1 aromatic heterocycles. The van der Waals surface area contributed by atoms with E-state index in [1.165, 1.54) is 11.9 Å². The van der Waals surface area contributed by atoms with Gasteiger partial charge < -0.3 is 15.0 Å². The molecule has 0 radical (unpaired) electrons. The number of para-hydroxylation sites is 1. The lowest BCUT2D eigenvalue weighted by molar-refractivity contribution is -0.137. The molecule has 1 aromatic carbocycles. The number of nitrogens with zero attached hydrogens (tertiary/aromatic N) is 2. The van der Waals surface area contributed by atoms with Crippen LogP contribution in [0.3, 0.4) is 0 Å². The normalized spacial score (nSPS) is 13.8. The molecule has 0 saturated heterocycles. The largest absolute Gasteiger partial charge is 0.452 e. The molecule has 0 atom stereocenters. The van der Waals surface area contributed by atoms with Crippen molar-refractivity contribution in [2.45, 2.75) is 45.1 Å². The average molecular weight is 397 g/mol. The second-order valence-corrected chi connectivity index (χ2v) is 8.51. The van der Waals surface area contributed by atoms with E-state index in [4.69, 9.17) is 4.74 Å². The molecule has 154 valence electrons. The average Bonchev–Trinajstić information content (AvgIpc) is 3.48. The van der Waals surface area contributed by atoms with Crippen molar-refractivity contribution < 1.29 is 19.1 Å². The van der Waals surface area contributed by atoms with Crippen molar-refractivity contribution in [3.05, 3.63) is 41.6 Å². The molecule has 0 unspecified atom stereocenters. The number of fused-ring (bicyclic) bond motifs is 1. The van der Waals surface area contributed by atoms with Crippen LogP contribution >= 0.6 is 0 Å². The van der Waals surface area contributed by atoms with E-state index in [2.05, 4.69) is 10.3 Å². The number of ether oxygens (including phenoxy) is 1. The number of hydrogen-bond acceptors (Lipinski definition) is 5. The van der Waals surface area contributed by atoms with E-state index < -0.39 is 18.5 Å². The fourth-order valence-electron chi connectivity index (χ4n) is 3.03. The molecule has 1 saturated carbocycles. The summed E-state index contributed by atoms with van der Waals surface area (Å²) in [5.41, 5.74) is 1.66. The van der Waals surface area contributed by atoms with Crippen LogP contribution in [0.1, 0.15) is 55.6 Å². The molecule has 0 bridgehead atoms. The van der Waals surface area contributed by atoms with Gasteiger partial charge in [0, 0.05) is 29.6 Å². The quantitative estimate of drug-likeness (QED) is 0.757. The molecular weight excluding hydrogens is 370 g/mol. The van der Waals surface area contributed by atoms with Gasteiger partial charge in [-0.2, -0.15) is 0 Å². The molecule has 1 N–H and O–H groups in total.